The van der Waals surface area contributed by atoms with Crippen molar-refractivity contribution in [3.8, 4) is 11.1 Å². The first-order valence-corrected chi connectivity index (χ1v) is 7.10. The van der Waals surface area contributed by atoms with E-state index >= 15 is 0 Å². The molecule has 2 aromatic carbocycles. The molecule has 0 aliphatic rings. The van der Waals surface area contributed by atoms with Crippen molar-refractivity contribution in [3.05, 3.63) is 70.5 Å². The first-order valence-electron chi connectivity index (χ1n) is 7.10. The number of para-hydroxylation sites is 1. The van der Waals surface area contributed by atoms with Crippen LogP contribution in [0.4, 0.5) is 0 Å². The molecule has 0 fully saturated rings. The Hall–Kier alpha value is -2.88. The first kappa shape index (κ1) is 14.1. The summed E-state index contributed by atoms with van der Waals surface area (Å²) < 4.78 is 5.08. The van der Waals surface area contributed by atoms with Gasteiger partial charge in [0.1, 0.15) is 5.69 Å². The molecular formula is C18H15NO3. The Morgan fingerprint density at radius 2 is 1.73 bits per heavy atom. The zero-order valence-electron chi connectivity index (χ0n) is 12.1. The van der Waals surface area contributed by atoms with Crippen LogP contribution in [0.2, 0.25) is 0 Å². The minimum atomic E-state index is -0.524. The SMILES string of the molecule is CCOC(=O)c1[nH]c2ccccc2c(=O)c1-c1ccccc1. The van der Waals surface area contributed by atoms with Crippen molar-refractivity contribution in [2.24, 2.45) is 0 Å². The number of rotatable bonds is 3. The second kappa shape index (κ2) is 5.85. The lowest BCUT2D eigenvalue weighted by molar-refractivity contribution is 0.0521. The number of ether oxygens (including phenoxy) is 1. The third-order valence-corrected chi connectivity index (χ3v) is 3.45. The number of H-pyrrole nitrogens is 1. The maximum atomic E-state index is 12.8. The number of esters is 1. The normalized spacial score (nSPS) is 10.6. The minimum absolute atomic E-state index is 0.177. The fraction of sp³-hybridized carbons (Fsp3) is 0.111. The van der Waals surface area contributed by atoms with Crippen LogP contribution in [0.25, 0.3) is 22.0 Å². The molecule has 0 radical (unpaired) electrons. The molecule has 0 amide bonds. The molecule has 0 saturated heterocycles. The molecule has 0 saturated carbocycles. The molecule has 0 aliphatic heterocycles. The van der Waals surface area contributed by atoms with Crippen molar-refractivity contribution in [3.63, 3.8) is 0 Å². The molecule has 0 aliphatic carbocycles. The number of fused-ring (bicyclic) bond motifs is 1. The van der Waals surface area contributed by atoms with Gasteiger partial charge in [0.15, 0.2) is 5.43 Å². The van der Waals surface area contributed by atoms with Gasteiger partial charge in [0.2, 0.25) is 0 Å². The van der Waals surface area contributed by atoms with Crippen molar-refractivity contribution < 1.29 is 9.53 Å². The summed E-state index contributed by atoms with van der Waals surface area (Å²) in [5.41, 5.74) is 1.67. The first-order chi connectivity index (χ1) is 10.7. The van der Waals surface area contributed by atoms with Crippen LogP contribution in [0.3, 0.4) is 0 Å². The van der Waals surface area contributed by atoms with Crippen LogP contribution in [0, 0.1) is 0 Å². The molecule has 3 aromatic rings. The number of nitrogens with one attached hydrogen (secondary N) is 1. The number of pyridine rings is 1. The van der Waals surface area contributed by atoms with Gasteiger partial charge in [-0.2, -0.15) is 0 Å². The van der Waals surface area contributed by atoms with Crippen molar-refractivity contribution >= 4 is 16.9 Å². The van der Waals surface area contributed by atoms with Crippen LogP contribution in [-0.4, -0.2) is 17.6 Å². The summed E-state index contributed by atoms with van der Waals surface area (Å²) in [6.07, 6.45) is 0. The Morgan fingerprint density at radius 3 is 2.45 bits per heavy atom. The highest BCUT2D eigenvalue weighted by Gasteiger charge is 2.19. The summed E-state index contributed by atoms with van der Waals surface area (Å²) in [7, 11) is 0. The number of carbonyl (C=O) groups is 1. The van der Waals surface area contributed by atoms with Gasteiger partial charge in [0.05, 0.1) is 12.2 Å². The Morgan fingerprint density at radius 1 is 1.05 bits per heavy atom. The molecular weight excluding hydrogens is 278 g/mol. The van der Waals surface area contributed by atoms with Gasteiger partial charge in [0, 0.05) is 10.9 Å². The summed E-state index contributed by atoms with van der Waals surface area (Å²) in [5.74, 6) is -0.524. The number of aromatic amines is 1. The minimum Gasteiger partial charge on any atom is -0.461 e. The third-order valence-electron chi connectivity index (χ3n) is 3.45. The molecule has 110 valence electrons. The van der Waals surface area contributed by atoms with E-state index in [2.05, 4.69) is 4.98 Å². The van der Waals surface area contributed by atoms with E-state index in [4.69, 9.17) is 4.74 Å². The van der Waals surface area contributed by atoms with E-state index in [0.717, 1.165) is 0 Å². The predicted octanol–water partition coefficient (Wildman–Crippen LogP) is 3.37. The van der Waals surface area contributed by atoms with E-state index in [1.165, 1.54) is 0 Å². The van der Waals surface area contributed by atoms with Crippen LogP contribution in [-0.2, 0) is 4.74 Å². The monoisotopic (exact) mass is 293 g/mol. The van der Waals surface area contributed by atoms with Gasteiger partial charge in [-0.3, -0.25) is 4.79 Å². The lowest BCUT2D eigenvalue weighted by atomic mass is 10.0. The van der Waals surface area contributed by atoms with Crippen LogP contribution in [0.15, 0.2) is 59.4 Å². The molecule has 22 heavy (non-hydrogen) atoms. The number of aromatic nitrogens is 1. The van der Waals surface area contributed by atoms with E-state index in [1.807, 2.05) is 36.4 Å². The van der Waals surface area contributed by atoms with E-state index in [-0.39, 0.29) is 17.7 Å². The highest BCUT2D eigenvalue weighted by Crippen LogP contribution is 2.22. The van der Waals surface area contributed by atoms with E-state index in [0.29, 0.717) is 22.0 Å². The van der Waals surface area contributed by atoms with Gasteiger partial charge in [-0.25, -0.2) is 4.79 Å². The van der Waals surface area contributed by atoms with Crippen LogP contribution < -0.4 is 5.43 Å². The largest absolute Gasteiger partial charge is 0.461 e. The zero-order chi connectivity index (χ0) is 15.5. The van der Waals surface area contributed by atoms with Gasteiger partial charge in [-0.05, 0) is 24.6 Å². The average molecular weight is 293 g/mol. The molecule has 1 heterocycles. The van der Waals surface area contributed by atoms with Gasteiger partial charge in [-0.15, -0.1) is 0 Å². The van der Waals surface area contributed by atoms with Gasteiger partial charge >= 0.3 is 5.97 Å². The molecule has 1 aromatic heterocycles. The number of carbonyl (C=O) groups excluding carboxylic acids is 1. The maximum absolute atomic E-state index is 12.8. The fourth-order valence-corrected chi connectivity index (χ4v) is 2.47. The number of benzene rings is 2. The van der Waals surface area contributed by atoms with Gasteiger partial charge in [0.25, 0.3) is 0 Å². The van der Waals surface area contributed by atoms with Crippen molar-refractivity contribution in [1.29, 1.82) is 0 Å². The average Bonchev–Trinajstić information content (AvgIpc) is 2.56. The molecule has 3 rings (SSSR count). The zero-order valence-corrected chi connectivity index (χ0v) is 12.1. The number of hydrogen-bond donors (Lipinski definition) is 1. The van der Waals surface area contributed by atoms with Crippen LogP contribution in [0.5, 0.6) is 0 Å². The molecule has 0 atom stereocenters. The Balaban J connectivity index is 2.36. The van der Waals surface area contributed by atoms with E-state index in [1.54, 1.807) is 25.1 Å². The van der Waals surface area contributed by atoms with Crippen LogP contribution in [0.1, 0.15) is 17.4 Å². The van der Waals surface area contributed by atoms with E-state index in [9.17, 15) is 9.59 Å². The smallest absolute Gasteiger partial charge is 0.355 e. The summed E-state index contributed by atoms with van der Waals surface area (Å²) in [4.78, 5) is 28.1. The lowest BCUT2D eigenvalue weighted by Gasteiger charge is -2.10. The van der Waals surface area contributed by atoms with Crippen molar-refractivity contribution in [2.45, 2.75) is 6.92 Å². The lowest BCUT2D eigenvalue weighted by Crippen LogP contribution is -2.17. The molecule has 0 spiro atoms. The molecule has 4 nitrogen and oxygen atoms in total. The highest BCUT2D eigenvalue weighted by molar-refractivity contribution is 5.99. The molecule has 1 N–H and O–H groups in total. The summed E-state index contributed by atoms with van der Waals surface area (Å²) in [6, 6.07) is 16.3. The summed E-state index contributed by atoms with van der Waals surface area (Å²) in [6.45, 7) is 1.99. The Kier molecular flexibility index (Phi) is 3.74. The second-order valence-corrected chi connectivity index (χ2v) is 4.84. The molecule has 0 unspecified atom stereocenters. The molecule has 4 heteroatoms. The standard InChI is InChI=1S/C18H15NO3/c1-2-22-18(21)16-15(12-8-4-3-5-9-12)17(20)13-10-6-7-11-14(13)19-16/h3-11H,2H2,1H3,(H,19,20). The topological polar surface area (TPSA) is 59.2 Å². The summed E-state index contributed by atoms with van der Waals surface area (Å²) in [5, 5.41) is 0.550. The van der Waals surface area contributed by atoms with Crippen molar-refractivity contribution in [1.82, 2.24) is 4.98 Å². The van der Waals surface area contributed by atoms with Gasteiger partial charge in [-0.1, -0.05) is 42.5 Å². The van der Waals surface area contributed by atoms with Crippen LogP contribution >= 0.6 is 0 Å². The highest BCUT2D eigenvalue weighted by atomic mass is 16.5. The summed E-state index contributed by atoms with van der Waals surface area (Å²) >= 11 is 0. The quantitative estimate of drug-likeness (QED) is 0.753. The fourth-order valence-electron chi connectivity index (χ4n) is 2.47. The Labute approximate surface area is 127 Å². The van der Waals surface area contributed by atoms with Gasteiger partial charge < -0.3 is 9.72 Å². The van der Waals surface area contributed by atoms with Crippen molar-refractivity contribution in [2.75, 3.05) is 6.61 Å². The Bertz CT molecular complexity index is 882. The predicted molar refractivity (Wildman–Crippen MR) is 86.0 cm³/mol. The van der Waals surface area contributed by atoms with E-state index < -0.39 is 5.97 Å². The third kappa shape index (κ3) is 2.39. The second-order valence-electron chi connectivity index (χ2n) is 4.84. The number of hydrogen-bond acceptors (Lipinski definition) is 3. The maximum Gasteiger partial charge on any atom is 0.355 e. The molecule has 0 bridgehead atoms.